The highest BCUT2D eigenvalue weighted by molar-refractivity contribution is 5.97. The minimum Gasteiger partial charge on any atom is -0.371 e. The second-order valence-corrected chi connectivity index (χ2v) is 10.3. The highest BCUT2D eigenvalue weighted by Gasteiger charge is 2.47. The zero-order chi connectivity index (χ0) is 27.5. The van der Waals surface area contributed by atoms with E-state index in [-0.39, 0.29) is 30.4 Å². The van der Waals surface area contributed by atoms with E-state index in [4.69, 9.17) is 4.74 Å². The van der Waals surface area contributed by atoms with E-state index in [2.05, 4.69) is 27.2 Å². The van der Waals surface area contributed by atoms with Gasteiger partial charge in [-0.25, -0.2) is 13.8 Å². The van der Waals surface area contributed by atoms with Gasteiger partial charge in [-0.2, -0.15) is 0 Å². The van der Waals surface area contributed by atoms with Crippen LogP contribution in [0.15, 0.2) is 42.6 Å². The van der Waals surface area contributed by atoms with E-state index in [1.54, 1.807) is 45.2 Å². The number of nitrogens with one attached hydrogen (secondary N) is 2. The predicted molar refractivity (Wildman–Crippen MR) is 138 cm³/mol. The molecule has 0 radical (unpaired) electrons. The SMILES string of the molecule is C=C(C)C(C)(COC(C)c1ccc(C(C)NC(=O)c2cc(C)nc(NC(=O)C3CC3)c2)cn1)C(C)(F)F. The lowest BCUT2D eigenvalue weighted by atomic mass is 9.79. The Morgan fingerprint density at radius 3 is 2.43 bits per heavy atom. The highest BCUT2D eigenvalue weighted by Crippen LogP contribution is 2.42. The second-order valence-electron chi connectivity index (χ2n) is 10.3. The number of hydrogen-bond donors (Lipinski definition) is 2. The van der Waals surface area contributed by atoms with Crippen molar-refractivity contribution in [2.24, 2.45) is 11.3 Å². The molecule has 0 bridgehead atoms. The van der Waals surface area contributed by atoms with Gasteiger partial charge in [0.05, 0.1) is 29.9 Å². The van der Waals surface area contributed by atoms with Gasteiger partial charge in [0.2, 0.25) is 5.91 Å². The van der Waals surface area contributed by atoms with Crippen LogP contribution in [0.2, 0.25) is 0 Å². The average molecular weight is 515 g/mol. The van der Waals surface area contributed by atoms with Gasteiger partial charge in [-0.3, -0.25) is 14.6 Å². The average Bonchev–Trinajstić information content (AvgIpc) is 3.66. The van der Waals surface area contributed by atoms with Crippen molar-refractivity contribution in [3.8, 4) is 0 Å². The van der Waals surface area contributed by atoms with Crippen LogP contribution in [0.5, 0.6) is 0 Å². The number of amides is 2. The molecule has 9 heteroatoms. The molecule has 0 saturated heterocycles. The molecule has 3 unspecified atom stereocenters. The smallest absolute Gasteiger partial charge is 0.256 e. The molecule has 0 aliphatic heterocycles. The Balaban J connectivity index is 1.62. The van der Waals surface area contributed by atoms with Crippen LogP contribution in [0.1, 0.15) is 86.9 Å². The van der Waals surface area contributed by atoms with E-state index in [1.165, 1.54) is 6.92 Å². The molecule has 1 aliphatic rings. The number of alkyl halides is 2. The molecule has 2 aromatic rings. The quantitative estimate of drug-likeness (QED) is 0.362. The molecule has 1 aliphatic carbocycles. The third kappa shape index (κ3) is 6.97. The van der Waals surface area contributed by atoms with E-state index < -0.39 is 17.4 Å². The van der Waals surface area contributed by atoms with Gasteiger partial charge in [-0.05, 0) is 71.2 Å². The summed E-state index contributed by atoms with van der Waals surface area (Å²) in [5.41, 5.74) is 1.23. The summed E-state index contributed by atoms with van der Waals surface area (Å²) in [5, 5.41) is 5.71. The summed E-state index contributed by atoms with van der Waals surface area (Å²) in [5.74, 6) is -2.97. The fourth-order valence-electron chi connectivity index (χ4n) is 3.72. The molecule has 2 N–H and O–H groups in total. The Kier molecular flexibility index (Phi) is 8.47. The number of carbonyl (C=O) groups is 2. The van der Waals surface area contributed by atoms with Gasteiger partial charge in [0.1, 0.15) is 5.82 Å². The van der Waals surface area contributed by atoms with Crippen molar-refractivity contribution < 1.29 is 23.1 Å². The molecule has 2 heterocycles. The van der Waals surface area contributed by atoms with E-state index in [9.17, 15) is 18.4 Å². The molecule has 3 rings (SSSR count). The lowest BCUT2D eigenvalue weighted by Crippen LogP contribution is -2.41. The predicted octanol–water partition coefficient (Wildman–Crippen LogP) is 5.94. The van der Waals surface area contributed by atoms with E-state index in [0.717, 1.165) is 25.3 Å². The Bertz CT molecular complexity index is 1160. The molecule has 1 fully saturated rings. The number of ether oxygens (including phenoxy) is 1. The number of halogens is 2. The number of nitrogens with zero attached hydrogens (tertiary/aromatic N) is 2. The summed E-state index contributed by atoms with van der Waals surface area (Å²) in [6.45, 7) is 12.8. The number of pyridine rings is 2. The van der Waals surface area contributed by atoms with Crippen molar-refractivity contribution >= 4 is 17.6 Å². The molecular weight excluding hydrogens is 478 g/mol. The molecule has 1 saturated carbocycles. The van der Waals surface area contributed by atoms with Gasteiger partial charge < -0.3 is 15.4 Å². The lowest BCUT2D eigenvalue weighted by Gasteiger charge is -2.36. The van der Waals surface area contributed by atoms with Crippen molar-refractivity contribution in [1.82, 2.24) is 15.3 Å². The first-order valence-corrected chi connectivity index (χ1v) is 12.4. The Morgan fingerprint density at radius 1 is 1.22 bits per heavy atom. The summed E-state index contributed by atoms with van der Waals surface area (Å²) in [7, 11) is 0. The van der Waals surface area contributed by atoms with Crippen LogP contribution < -0.4 is 10.6 Å². The summed E-state index contributed by atoms with van der Waals surface area (Å²) in [6, 6.07) is 6.45. The van der Waals surface area contributed by atoms with Crippen LogP contribution >= 0.6 is 0 Å². The van der Waals surface area contributed by atoms with Crippen LogP contribution in [0.4, 0.5) is 14.6 Å². The number of anilines is 1. The van der Waals surface area contributed by atoms with Crippen molar-refractivity contribution in [3.63, 3.8) is 0 Å². The number of hydrogen-bond acceptors (Lipinski definition) is 5. The molecular formula is C28H36F2N4O3. The minimum atomic E-state index is -2.99. The van der Waals surface area contributed by atoms with Gasteiger partial charge in [0.15, 0.2) is 0 Å². The monoisotopic (exact) mass is 514 g/mol. The third-order valence-electron chi connectivity index (χ3n) is 7.02. The first kappa shape index (κ1) is 28.4. The van der Waals surface area contributed by atoms with Crippen LogP contribution in [0, 0.1) is 18.3 Å². The molecule has 200 valence electrons. The van der Waals surface area contributed by atoms with Crippen LogP contribution in [0.25, 0.3) is 0 Å². The highest BCUT2D eigenvalue weighted by atomic mass is 19.3. The molecule has 0 aromatic carbocycles. The Labute approximate surface area is 217 Å². The fraction of sp³-hybridized carbons (Fsp3) is 0.500. The Hall–Kier alpha value is -3.20. The number of rotatable bonds is 11. The van der Waals surface area contributed by atoms with Crippen molar-refractivity contribution in [1.29, 1.82) is 0 Å². The van der Waals surface area contributed by atoms with Crippen LogP contribution in [-0.2, 0) is 9.53 Å². The maximum absolute atomic E-state index is 14.2. The normalized spacial score (nSPS) is 16.9. The zero-order valence-electron chi connectivity index (χ0n) is 22.3. The summed E-state index contributed by atoms with van der Waals surface area (Å²) >= 11 is 0. The maximum atomic E-state index is 14.2. The topological polar surface area (TPSA) is 93.2 Å². The lowest BCUT2D eigenvalue weighted by molar-refractivity contribution is -0.123. The van der Waals surface area contributed by atoms with Crippen LogP contribution in [0.3, 0.4) is 0 Å². The van der Waals surface area contributed by atoms with E-state index in [0.29, 0.717) is 28.3 Å². The largest absolute Gasteiger partial charge is 0.371 e. The molecule has 3 atom stereocenters. The molecule has 37 heavy (non-hydrogen) atoms. The molecule has 2 amide bonds. The molecule has 7 nitrogen and oxygen atoms in total. The number of aryl methyl sites for hydroxylation is 1. The van der Waals surface area contributed by atoms with Gasteiger partial charge in [0, 0.05) is 30.3 Å². The van der Waals surface area contributed by atoms with Crippen molar-refractivity contribution in [3.05, 3.63) is 65.1 Å². The first-order valence-electron chi connectivity index (χ1n) is 12.4. The summed E-state index contributed by atoms with van der Waals surface area (Å²) < 4.78 is 34.1. The third-order valence-corrected chi connectivity index (χ3v) is 7.02. The Morgan fingerprint density at radius 2 is 1.89 bits per heavy atom. The van der Waals surface area contributed by atoms with E-state index >= 15 is 0 Å². The number of carbonyl (C=O) groups excluding carboxylic acids is 2. The van der Waals surface area contributed by atoms with E-state index in [1.807, 2.05) is 13.0 Å². The standard InChI is InChI=1S/C28H36F2N4O3/c1-16(2)27(6,28(7,29)30)15-37-19(5)23-11-10-21(14-31-23)18(4)33-26(36)22-12-17(3)32-24(13-22)34-25(35)20-8-9-20/h10-14,18-20H,1,8-9,15H2,2-7H3,(H,33,36)(H,32,34,35). The second kappa shape index (κ2) is 11.0. The molecule has 0 spiro atoms. The first-order chi connectivity index (χ1) is 17.2. The van der Waals surface area contributed by atoms with Gasteiger partial charge in [-0.1, -0.05) is 18.2 Å². The maximum Gasteiger partial charge on any atom is 0.256 e. The number of aromatic nitrogens is 2. The van der Waals surface area contributed by atoms with Crippen molar-refractivity contribution in [2.45, 2.75) is 72.5 Å². The van der Waals surface area contributed by atoms with Gasteiger partial charge in [0.25, 0.3) is 11.8 Å². The van der Waals surface area contributed by atoms with Crippen molar-refractivity contribution in [2.75, 3.05) is 11.9 Å². The zero-order valence-corrected chi connectivity index (χ0v) is 22.3. The van der Waals surface area contributed by atoms with Gasteiger partial charge in [-0.15, -0.1) is 0 Å². The summed E-state index contributed by atoms with van der Waals surface area (Å²) in [4.78, 5) is 33.7. The fourth-order valence-corrected chi connectivity index (χ4v) is 3.72. The summed E-state index contributed by atoms with van der Waals surface area (Å²) in [6.07, 6.45) is 2.88. The van der Waals surface area contributed by atoms with Crippen LogP contribution in [-0.4, -0.2) is 34.3 Å². The minimum absolute atomic E-state index is 0.0337. The molecule has 2 aromatic heterocycles. The van der Waals surface area contributed by atoms with Gasteiger partial charge >= 0.3 is 0 Å².